The summed E-state index contributed by atoms with van der Waals surface area (Å²) in [4.78, 5) is 29.2. The van der Waals surface area contributed by atoms with Crippen molar-refractivity contribution in [1.29, 1.82) is 0 Å². The van der Waals surface area contributed by atoms with E-state index in [0.29, 0.717) is 12.0 Å². The molecule has 6 nitrogen and oxygen atoms in total. The van der Waals surface area contributed by atoms with Gasteiger partial charge in [0, 0.05) is 37.0 Å². The second-order valence-corrected chi connectivity index (χ2v) is 6.16. The molecule has 6 heteroatoms. The third-order valence-electron chi connectivity index (χ3n) is 4.23. The number of benzene rings is 1. The summed E-state index contributed by atoms with van der Waals surface area (Å²) < 4.78 is 0. The average Bonchev–Trinajstić information content (AvgIpc) is 3.15. The van der Waals surface area contributed by atoms with Gasteiger partial charge in [0.2, 0.25) is 5.91 Å². The highest BCUT2D eigenvalue weighted by atomic mass is 16.2. The van der Waals surface area contributed by atoms with Crippen LogP contribution in [0.15, 0.2) is 54.9 Å². The number of hydrogen-bond donors (Lipinski definition) is 3. The molecule has 130 valence electrons. The van der Waals surface area contributed by atoms with E-state index in [0.717, 1.165) is 25.1 Å². The molecule has 0 saturated carbocycles. The Bertz CT molecular complexity index is 700. The second kappa shape index (κ2) is 8.39. The Labute approximate surface area is 147 Å². The fourth-order valence-electron chi connectivity index (χ4n) is 2.87. The van der Waals surface area contributed by atoms with Gasteiger partial charge in [-0.25, -0.2) is 0 Å². The van der Waals surface area contributed by atoms with Crippen LogP contribution in [0.25, 0.3) is 0 Å². The van der Waals surface area contributed by atoms with Crippen molar-refractivity contribution >= 4 is 11.8 Å². The summed E-state index contributed by atoms with van der Waals surface area (Å²) in [5.41, 5.74) is 1.44. The fourth-order valence-corrected chi connectivity index (χ4v) is 2.87. The van der Waals surface area contributed by atoms with Crippen LogP contribution in [0.2, 0.25) is 0 Å². The van der Waals surface area contributed by atoms with E-state index in [1.165, 1.54) is 0 Å². The maximum absolute atomic E-state index is 12.7. The molecule has 2 atom stereocenters. The maximum Gasteiger partial charge on any atom is 0.251 e. The first-order valence-corrected chi connectivity index (χ1v) is 8.48. The Morgan fingerprint density at radius 1 is 1.20 bits per heavy atom. The number of pyridine rings is 1. The van der Waals surface area contributed by atoms with Crippen LogP contribution in [0.3, 0.4) is 0 Å². The fraction of sp³-hybridized carbons (Fsp3) is 0.316. The number of carbonyl (C=O) groups excluding carboxylic acids is 2. The van der Waals surface area contributed by atoms with Crippen molar-refractivity contribution in [2.24, 2.45) is 0 Å². The summed E-state index contributed by atoms with van der Waals surface area (Å²) in [6.07, 6.45) is 4.70. The summed E-state index contributed by atoms with van der Waals surface area (Å²) >= 11 is 0. The van der Waals surface area contributed by atoms with Gasteiger partial charge >= 0.3 is 0 Å². The van der Waals surface area contributed by atoms with Gasteiger partial charge in [0.15, 0.2) is 0 Å². The van der Waals surface area contributed by atoms with Crippen LogP contribution in [0, 0.1) is 0 Å². The lowest BCUT2D eigenvalue weighted by Gasteiger charge is -2.21. The molecule has 2 amide bonds. The summed E-state index contributed by atoms with van der Waals surface area (Å²) in [5, 5.41) is 9.10. The minimum Gasteiger partial charge on any atom is -0.350 e. The van der Waals surface area contributed by atoms with Crippen LogP contribution in [-0.2, 0) is 11.2 Å². The molecule has 1 saturated heterocycles. The molecule has 1 aromatic carbocycles. The number of amides is 2. The molecule has 0 aliphatic carbocycles. The topological polar surface area (TPSA) is 83.1 Å². The van der Waals surface area contributed by atoms with Crippen LogP contribution in [0.5, 0.6) is 0 Å². The van der Waals surface area contributed by atoms with E-state index in [2.05, 4.69) is 20.9 Å². The third-order valence-corrected chi connectivity index (χ3v) is 4.23. The van der Waals surface area contributed by atoms with Gasteiger partial charge in [0.1, 0.15) is 6.04 Å². The van der Waals surface area contributed by atoms with Gasteiger partial charge in [-0.3, -0.25) is 14.6 Å². The molecule has 3 rings (SSSR count). The summed E-state index contributed by atoms with van der Waals surface area (Å²) in [7, 11) is 0. The molecule has 1 aromatic heterocycles. The third kappa shape index (κ3) is 4.87. The van der Waals surface area contributed by atoms with E-state index in [4.69, 9.17) is 0 Å². The van der Waals surface area contributed by atoms with Crippen LogP contribution in [0.4, 0.5) is 0 Å². The zero-order valence-corrected chi connectivity index (χ0v) is 13.9. The predicted molar refractivity (Wildman–Crippen MR) is 95.1 cm³/mol. The molecule has 0 radical (unpaired) electrons. The number of rotatable bonds is 6. The molecule has 2 aromatic rings. The van der Waals surface area contributed by atoms with Gasteiger partial charge < -0.3 is 16.0 Å². The molecule has 2 heterocycles. The van der Waals surface area contributed by atoms with Gasteiger partial charge in [0.05, 0.1) is 0 Å². The first kappa shape index (κ1) is 17.1. The molecule has 1 fully saturated rings. The molecule has 0 spiro atoms. The first-order valence-electron chi connectivity index (χ1n) is 8.48. The summed E-state index contributed by atoms with van der Waals surface area (Å²) in [5.74, 6) is -0.420. The van der Waals surface area contributed by atoms with E-state index >= 15 is 0 Å². The predicted octanol–water partition coefficient (Wildman–Crippen LogP) is 0.901. The molecule has 1 aliphatic heterocycles. The largest absolute Gasteiger partial charge is 0.350 e. The molecule has 3 N–H and O–H groups in total. The van der Waals surface area contributed by atoms with Gasteiger partial charge in [-0.15, -0.1) is 0 Å². The van der Waals surface area contributed by atoms with Crippen molar-refractivity contribution in [3.05, 3.63) is 66.0 Å². The van der Waals surface area contributed by atoms with Crippen molar-refractivity contribution in [1.82, 2.24) is 20.9 Å². The highest BCUT2D eigenvalue weighted by Crippen LogP contribution is 2.06. The summed E-state index contributed by atoms with van der Waals surface area (Å²) in [6, 6.07) is 12.1. The lowest BCUT2D eigenvalue weighted by Crippen LogP contribution is -2.51. The van der Waals surface area contributed by atoms with E-state index in [9.17, 15) is 9.59 Å². The molecule has 1 aliphatic rings. The Kier molecular flexibility index (Phi) is 5.74. The molecule has 2 unspecified atom stereocenters. The number of nitrogens with zero attached hydrogens (tertiary/aromatic N) is 1. The lowest BCUT2D eigenvalue weighted by atomic mass is 10.1. The van der Waals surface area contributed by atoms with Crippen molar-refractivity contribution in [3.63, 3.8) is 0 Å². The quantitative estimate of drug-likeness (QED) is 0.731. The Morgan fingerprint density at radius 2 is 2.04 bits per heavy atom. The van der Waals surface area contributed by atoms with Crippen molar-refractivity contribution in [2.45, 2.75) is 24.9 Å². The highest BCUT2D eigenvalue weighted by Gasteiger charge is 2.25. The van der Waals surface area contributed by atoms with Gasteiger partial charge in [-0.2, -0.15) is 0 Å². The highest BCUT2D eigenvalue weighted by molar-refractivity contribution is 5.97. The monoisotopic (exact) mass is 338 g/mol. The van der Waals surface area contributed by atoms with Gasteiger partial charge in [-0.05, 0) is 36.7 Å². The number of hydrogen-bond acceptors (Lipinski definition) is 4. The normalized spacial score (nSPS) is 17.7. The minimum atomic E-state index is -0.641. The van der Waals surface area contributed by atoms with Crippen LogP contribution in [0.1, 0.15) is 22.3 Å². The van der Waals surface area contributed by atoms with Crippen molar-refractivity contribution in [3.8, 4) is 0 Å². The lowest BCUT2D eigenvalue weighted by molar-refractivity contribution is -0.123. The SMILES string of the molecule is O=C(NC(Cc1cccnc1)C(=O)NC1CCNC1)c1ccccc1. The number of aromatic nitrogens is 1. The molecular formula is C19H22N4O2. The molecule has 0 bridgehead atoms. The second-order valence-electron chi connectivity index (χ2n) is 6.16. The Morgan fingerprint density at radius 3 is 2.72 bits per heavy atom. The Balaban J connectivity index is 1.71. The van der Waals surface area contributed by atoms with E-state index in [1.807, 2.05) is 18.2 Å². The number of nitrogens with one attached hydrogen (secondary N) is 3. The standard InChI is InChI=1S/C19H22N4O2/c24-18(15-6-2-1-3-7-15)23-17(11-14-5-4-9-20-12-14)19(25)22-16-8-10-21-13-16/h1-7,9,12,16-17,21H,8,10-11,13H2,(H,22,25)(H,23,24). The average molecular weight is 338 g/mol. The number of carbonyl (C=O) groups is 2. The van der Waals surface area contributed by atoms with Crippen molar-refractivity contribution < 1.29 is 9.59 Å². The first-order chi connectivity index (χ1) is 12.2. The van der Waals surface area contributed by atoms with Crippen LogP contribution >= 0.6 is 0 Å². The maximum atomic E-state index is 12.7. The summed E-state index contributed by atoms with van der Waals surface area (Å²) in [6.45, 7) is 1.66. The molecule has 25 heavy (non-hydrogen) atoms. The zero-order valence-electron chi connectivity index (χ0n) is 13.9. The molecular weight excluding hydrogens is 316 g/mol. The van der Waals surface area contributed by atoms with E-state index in [-0.39, 0.29) is 17.9 Å². The van der Waals surface area contributed by atoms with Gasteiger partial charge in [0.25, 0.3) is 5.91 Å². The van der Waals surface area contributed by atoms with Crippen LogP contribution in [-0.4, -0.2) is 42.0 Å². The van der Waals surface area contributed by atoms with E-state index < -0.39 is 6.04 Å². The van der Waals surface area contributed by atoms with E-state index in [1.54, 1.807) is 36.7 Å². The smallest absolute Gasteiger partial charge is 0.251 e. The van der Waals surface area contributed by atoms with Crippen LogP contribution < -0.4 is 16.0 Å². The minimum absolute atomic E-state index is 0.109. The van der Waals surface area contributed by atoms with Crippen molar-refractivity contribution in [2.75, 3.05) is 13.1 Å². The zero-order chi connectivity index (χ0) is 17.5. The Hall–Kier alpha value is -2.73. The van der Waals surface area contributed by atoms with Gasteiger partial charge in [-0.1, -0.05) is 24.3 Å².